The summed E-state index contributed by atoms with van der Waals surface area (Å²) in [4.78, 5) is 26.0. The minimum absolute atomic E-state index is 0.0179. The van der Waals surface area contributed by atoms with Gasteiger partial charge in [0.2, 0.25) is 5.91 Å². The molecule has 0 saturated heterocycles. The first-order chi connectivity index (χ1) is 9.56. The van der Waals surface area contributed by atoms with Gasteiger partial charge in [-0.05, 0) is 38.1 Å². The number of nitrogens with zero attached hydrogens (tertiary/aromatic N) is 1. The zero-order chi connectivity index (χ0) is 15.0. The molecule has 4 nitrogen and oxygen atoms in total. The lowest BCUT2D eigenvalue weighted by Gasteiger charge is -2.19. The first kappa shape index (κ1) is 17.0. The van der Waals surface area contributed by atoms with Crippen LogP contribution in [0, 0.1) is 0 Å². The largest absolute Gasteiger partial charge is 0.465 e. The van der Waals surface area contributed by atoms with Crippen molar-refractivity contribution in [1.29, 1.82) is 0 Å². The molecule has 0 aromatic heterocycles. The second-order valence-electron chi connectivity index (χ2n) is 3.96. The van der Waals surface area contributed by atoms with Crippen molar-refractivity contribution in [2.24, 2.45) is 0 Å². The van der Waals surface area contributed by atoms with Crippen LogP contribution < -0.4 is 0 Å². The van der Waals surface area contributed by atoms with E-state index in [9.17, 15) is 9.59 Å². The van der Waals surface area contributed by atoms with Crippen molar-refractivity contribution in [3.8, 4) is 0 Å². The molecule has 1 aromatic carbocycles. The third-order valence-electron chi connectivity index (χ3n) is 2.54. The molecule has 20 heavy (non-hydrogen) atoms. The van der Waals surface area contributed by atoms with Crippen LogP contribution >= 0.6 is 27.7 Å². The molecule has 1 aromatic rings. The van der Waals surface area contributed by atoms with E-state index in [1.54, 1.807) is 6.92 Å². The van der Waals surface area contributed by atoms with Gasteiger partial charge in [0, 0.05) is 15.9 Å². The van der Waals surface area contributed by atoms with Crippen LogP contribution in [-0.4, -0.2) is 42.2 Å². The number of halogens is 1. The van der Waals surface area contributed by atoms with Gasteiger partial charge in [-0.1, -0.05) is 15.9 Å². The Morgan fingerprint density at radius 1 is 1.25 bits per heavy atom. The Morgan fingerprint density at radius 2 is 1.90 bits per heavy atom. The number of amides is 1. The smallest absolute Gasteiger partial charge is 0.325 e. The van der Waals surface area contributed by atoms with E-state index >= 15 is 0 Å². The monoisotopic (exact) mass is 359 g/mol. The number of benzene rings is 1. The van der Waals surface area contributed by atoms with E-state index in [0.717, 1.165) is 9.37 Å². The highest BCUT2D eigenvalue weighted by Gasteiger charge is 2.16. The number of esters is 1. The Bertz CT molecular complexity index is 450. The molecule has 0 unspecified atom stereocenters. The molecule has 0 saturated carbocycles. The number of carbonyl (C=O) groups excluding carboxylic acids is 2. The van der Waals surface area contributed by atoms with E-state index in [1.165, 1.54) is 16.7 Å². The van der Waals surface area contributed by atoms with Gasteiger partial charge in [-0.15, -0.1) is 11.8 Å². The van der Waals surface area contributed by atoms with E-state index in [-0.39, 0.29) is 18.4 Å². The van der Waals surface area contributed by atoms with E-state index < -0.39 is 0 Å². The molecule has 0 bridgehead atoms. The van der Waals surface area contributed by atoms with Crippen LogP contribution in [0.3, 0.4) is 0 Å². The van der Waals surface area contributed by atoms with Crippen molar-refractivity contribution in [2.75, 3.05) is 25.4 Å². The average molecular weight is 360 g/mol. The van der Waals surface area contributed by atoms with Gasteiger partial charge in [0.15, 0.2) is 0 Å². The zero-order valence-corrected chi connectivity index (χ0v) is 14.0. The van der Waals surface area contributed by atoms with Crippen LogP contribution in [0.25, 0.3) is 0 Å². The van der Waals surface area contributed by atoms with Crippen molar-refractivity contribution >= 4 is 39.6 Å². The molecule has 1 amide bonds. The van der Waals surface area contributed by atoms with Crippen LogP contribution in [0.4, 0.5) is 0 Å². The number of hydrogen-bond donors (Lipinski definition) is 0. The van der Waals surface area contributed by atoms with Crippen molar-refractivity contribution in [2.45, 2.75) is 18.7 Å². The van der Waals surface area contributed by atoms with Crippen molar-refractivity contribution in [1.82, 2.24) is 4.90 Å². The highest BCUT2D eigenvalue weighted by Crippen LogP contribution is 2.20. The molecule has 0 radical (unpaired) electrons. The summed E-state index contributed by atoms with van der Waals surface area (Å²) < 4.78 is 5.86. The lowest BCUT2D eigenvalue weighted by atomic mass is 10.4. The van der Waals surface area contributed by atoms with Gasteiger partial charge in [0.25, 0.3) is 0 Å². The second kappa shape index (κ2) is 9.02. The molecule has 0 spiro atoms. The standard InChI is InChI=1S/C14H18BrNO3S/c1-3-16(9-14(18)19-4-2)13(17)10-20-12-7-5-11(15)6-8-12/h5-8H,3-4,9-10H2,1-2H3. The molecule has 0 N–H and O–H groups in total. The predicted molar refractivity (Wildman–Crippen MR) is 83.8 cm³/mol. The van der Waals surface area contributed by atoms with E-state index in [1.807, 2.05) is 31.2 Å². The molecule has 0 fully saturated rings. The maximum atomic E-state index is 12.0. The fourth-order valence-electron chi connectivity index (χ4n) is 1.51. The van der Waals surface area contributed by atoms with Gasteiger partial charge in [-0.25, -0.2) is 0 Å². The highest BCUT2D eigenvalue weighted by molar-refractivity contribution is 9.10. The number of likely N-dealkylation sites (N-methyl/N-ethyl adjacent to an activating group) is 1. The van der Waals surface area contributed by atoms with Crippen molar-refractivity contribution in [3.63, 3.8) is 0 Å². The third-order valence-corrected chi connectivity index (χ3v) is 4.06. The first-order valence-electron chi connectivity index (χ1n) is 6.38. The fourth-order valence-corrected chi connectivity index (χ4v) is 2.57. The minimum atomic E-state index is -0.364. The van der Waals surface area contributed by atoms with Crippen LogP contribution in [0.1, 0.15) is 13.8 Å². The van der Waals surface area contributed by atoms with Crippen LogP contribution in [-0.2, 0) is 14.3 Å². The second-order valence-corrected chi connectivity index (χ2v) is 5.92. The Hall–Kier alpha value is -1.01. The minimum Gasteiger partial charge on any atom is -0.465 e. The van der Waals surface area contributed by atoms with Crippen LogP contribution in [0.5, 0.6) is 0 Å². The highest BCUT2D eigenvalue weighted by atomic mass is 79.9. The molecule has 0 aliphatic rings. The molecular formula is C14H18BrNO3S. The van der Waals surface area contributed by atoms with Crippen LogP contribution in [0.15, 0.2) is 33.6 Å². The third kappa shape index (κ3) is 5.96. The van der Waals surface area contributed by atoms with Crippen molar-refractivity contribution in [3.05, 3.63) is 28.7 Å². The SMILES string of the molecule is CCOC(=O)CN(CC)C(=O)CSc1ccc(Br)cc1. The number of thioether (sulfide) groups is 1. The van der Waals surface area contributed by atoms with Crippen LogP contribution in [0.2, 0.25) is 0 Å². The Kier molecular flexibility index (Phi) is 7.69. The molecule has 0 aliphatic carbocycles. The average Bonchev–Trinajstić information content (AvgIpc) is 2.44. The molecule has 0 aliphatic heterocycles. The topological polar surface area (TPSA) is 46.6 Å². The summed E-state index contributed by atoms with van der Waals surface area (Å²) >= 11 is 4.82. The summed E-state index contributed by atoms with van der Waals surface area (Å²) in [5, 5.41) is 0. The lowest BCUT2D eigenvalue weighted by molar-refractivity contribution is -0.148. The van der Waals surface area contributed by atoms with E-state index in [0.29, 0.717) is 18.9 Å². The maximum Gasteiger partial charge on any atom is 0.325 e. The molecule has 110 valence electrons. The van der Waals surface area contributed by atoms with E-state index in [4.69, 9.17) is 4.74 Å². The maximum absolute atomic E-state index is 12.0. The molecule has 6 heteroatoms. The Balaban J connectivity index is 2.46. The number of carbonyl (C=O) groups is 2. The normalized spacial score (nSPS) is 10.2. The van der Waals surface area contributed by atoms with Gasteiger partial charge in [-0.3, -0.25) is 9.59 Å². The molecule has 0 heterocycles. The summed E-state index contributed by atoms with van der Waals surface area (Å²) in [6, 6.07) is 7.76. The summed E-state index contributed by atoms with van der Waals surface area (Å²) in [6.45, 7) is 4.45. The summed E-state index contributed by atoms with van der Waals surface area (Å²) in [5.74, 6) is -0.112. The zero-order valence-electron chi connectivity index (χ0n) is 11.6. The fraction of sp³-hybridized carbons (Fsp3) is 0.429. The van der Waals surface area contributed by atoms with Gasteiger partial charge < -0.3 is 9.64 Å². The van der Waals surface area contributed by atoms with E-state index in [2.05, 4.69) is 15.9 Å². The Morgan fingerprint density at radius 3 is 2.45 bits per heavy atom. The van der Waals surface area contributed by atoms with Gasteiger partial charge >= 0.3 is 5.97 Å². The van der Waals surface area contributed by atoms with Crippen molar-refractivity contribution < 1.29 is 14.3 Å². The predicted octanol–water partition coefficient (Wildman–Crippen LogP) is 2.95. The number of hydrogen-bond acceptors (Lipinski definition) is 4. The summed E-state index contributed by atoms with van der Waals surface area (Å²) in [7, 11) is 0. The van der Waals surface area contributed by atoms with Gasteiger partial charge in [0.1, 0.15) is 6.54 Å². The first-order valence-corrected chi connectivity index (χ1v) is 8.16. The lowest BCUT2D eigenvalue weighted by Crippen LogP contribution is -2.37. The Labute approximate surface area is 132 Å². The summed E-state index contributed by atoms with van der Waals surface area (Å²) in [5.41, 5.74) is 0. The number of ether oxygens (including phenoxy) is 1. The quantitative estimate of drug-likeness (QED) is 0.554. The number of rotatable bonds is 7. The molecule has 0 atom stereocenters. The molecule has 1 rings (SSSR count). The summed E-state index contributed by atoms with van der Waals surface area (Å²) in [6.07, 6.45) is 0. The van der Waals surface area contributed by atoms with Gasteiger partial charge in [-0.2, -0.15) is 0 Å². The van der Waals surface area contributed by atoms with Gasteiger partial charge in [0.05, 0.1) is 12.4 Å². The molecular weight excluding hydrogens is 342 g/mol.